The molecule has 0 bridgehead atoms. The van der Waals surface area contributed by atoms with Gasteiger partial charge < -0.3 is 0 Å². The topological polar surface area (TPSA) is 34.1 Å². The molecule has 0 saturated heterocycles. The second-order valence-corrected chi connectivity index (χ2v) is 8.76. The summed E-state index contributed by atoms with van der Waals surface area (Å²) in [6.45, 7) is 0. The number of hydrogen-bond donors (Lipinski definition) is 0. The van der Waals surface area contributed by atoms with Gasteiger partial charge in [-0.1, -0.05) is 42.5 Å². The van der Waals surface area contributed by atoms with Crippen LogP contribution in [0.5, 0.6) is 0 Å². The minimum Gasteiger partial charge on any atom is -0.224 e. The maximum absolute atomic E-state index is 11.5. The van der Waals surface area contributed by atoms with Crippen molar-refractivity contribution in [3.63, 3.8) is 0 Å². The van der Waals surface area contributed by atoms with Crippen LogP contribution in [0.2, 0.25) is 0 Å². The highest BCUT2D eigenvalue weighted by Gasteiger charge is 2.22. The third-order valence-corrected chi connectivity index (χ3v) is 6.12. The molecule has 3 rings (SSSR count). The van der Waals surface area contributed by atoms with E-state index < -0.39 is 9.84 Å². The molecule has 0 aliphatic heterocycles. The van der Waals surface area contributed by atoms with E-state index in [9.17, 15) is 8.42 Å². The summed E-state index contributed by atoms with van der Waals surface area (Å²) in [7, 11) is -3.09. The van der Waals surface area contributed by atoms with Crippen LogP contribution in [-0.2, 0) is 16.3 Å². The zero-order chi connectivity index (χ0) is 16.3. The molecule has 0 radical (unpaired) electrons. The molecule has 0 unspecified atom stereocenters. The Labute approximate surface area is 139 Å². The summed E-state index contributed by atoms with van der Waals surface area (Å²) in [4.78, 5) is 0.416. The van der Waals surface area contributed by atoms with E-state index in [-0.39, 0.29) is 0 Å². The van der Waals surface area contributed by atoms with E-state index >= 15 is 0 Å². The van der Waals surface area contributed by atoms with Crippen LogP contribution in [0.1, 0.15) is 42.7 Å². The molecule has 0 heterocycles. The van der Waals surface area contributed by atoms with Crippen LogP contribution in [0.15, 0.2) is 59.5 Å². The molecule has 1 aliphatic carbocycles. The Morgan fingerprint density at radius 3 is 2.04 bits per heavy atom. The lowest BCUT2D eigenvalue weighted by molar-refractivity contribution is 0.324. The Morgan fingerprint density at radius 1 is 0.870 bits per heavy atom. The Morgan fingerprint density at radius 2 is 1.48 bits per heavy atom. The molecule has 122 valence electrons. The maximum Gasteiger partial charge on any atom is 0.175 e. The SMILES string of the molecule is CS(=O)(=O)c1ccc(C2CCC(Cc3ccccc3)CC2)cc1. The fraction of sp³-hybridized carbons (Fsp3) is 0.400. The fourth-order valence-corrected chi connectivity index (χ4v) is 4.26. The molecule has 0 atom stereocenters. The first-order valence-corrected chi connectivity index (χ1v) is 10.3. The molecule has 2 aromatic carbocycles. The Kier molecular flexibility index (Phi) is 4.86. The summed E-state index contributed by atoms with van der Waals surface area (Å²) < 4.78 is 23.1. The molecule has 2 aromatic rings. The van der Waals surface area contributed by atoms with Gasteiger partial charge in [0.2, 0.25) is 0 Å². The molecule has 23 heavy (non-hydrogen) atoms. The van der Waals surface area contributed by atoms with Crippen LogP contribution in [0.3, 0.4) is 0 Å². The zero-order valence-electron chi connectivity index (χ0n) is 13.6. The molecule has 0 spiro atoms. The van der Waals surface area contributed by atoms with E-state index in [1.807, 2.05) is 12.1 Å². The Balaban J connectivity index is 1.58. The largest absolute Gasteiger partial charge is 0.224 e. The number of benzene rings is 2. The van der Waals surface area contributed by atoms with Crippen molar-refractivity contribution >= 4 is 9.84 Å². The van der Waals surface area contributed by atoms with E-state index in [4.69, 9.17) is 0 Å². The lowest BCUT2D eigenvalue weighted by atomic mass is 9.77. The van der Waals surface area contributed by atoms with Gasteiger partial charge in [0.25, 0.3) is 0 Å². The van der Waals surface area contributed by atoms with Gasteiger partial charge in [-0.3, -0.25) is 0 Å². The van der Waals surface area contributed by atoms with Gasteiger partial charge in [0.05, 0.1) is 4.90 Å². The van der Waals surface area contributed by atoms with Crippen LogP contribution in [0.25, 0.3) is 0 Å². The van der Waals surface area contributed by atoms with E-state index in [0.29, 0.717) is 10.8 Å². The summed E-state index contributed by atoms with van der Waals surface area (Å²) in [5.41, 5.74) is 2.73. The molecule has 1 fully saturated rings. The van der Waals surface area contributed by atoms with Crippen LogP contribution < -0.4 is 0 Å². The van der Waals surface area contributed by atoms with Crippen LogP contribution in [0, 0.1) is 5.92 Å². The van der Waals surface area contributed by atoms with Gasteiger partial charge in [-0.25, -0.2) is 8.42 Å². The molecule has 0 amide bonds. The molecule has 2 nitrogen and oxygen atoms in total. The maximum atomic E-state index is 11.5. The van der Waals surface area contributed by atoms with Gasteiger partial charge in [-0.05, 0) is 67.2 Å². The first kappa shape index (κ1) is 16.3. The number of rotatable bonds is 4. The highest BCUT2D eigenvalue weighted by Crippen LogP contribution is 2.37. The number of sulfone groups is 1. The quantitative estimate of drug-likeness (QED) is 0.821. The van der Waals surface area contributed by atoms with Crippen molar-refractivity contribution < 1.29 is 8.42 Å². The van der Waals surface area contributed by atoms with Crippen molar-refractivity contribution in [2.24, 2.45) is 5.92 Å². The molecule has 0 N–H and O–H groups in total. The predicted octanol–water partition coefficient (Wildman–Crippen LogP) is 4.61. The smallest absolute Gasteiger partial charge is 0.175 e. The van der Waals surface area contributed by atoms with Crippen LogP contribution in [-0.4, -0.2) is 14.7 Å². The van der Waals surface area contributed by atoms with Crippen LogP contribution >= 0.6 is 0 Å². The number of hydrogen-bond acceptors (Lipinski definition) is 2. The summed E-state index contributed by atoms with van der Waals surface area (Å²) in [6, 6.07) is 18.2. The van der Waals surface area contributed by atoms with Crippen molar-refractivity contribution in [3.8, 4) is 0 Å². The highest BCUT2D eigenvalue weighted by atomic mass is 32.2. The average Bonchev–Trinajstić information content (AvgIpc) is 2.56. The van der Waals surface area contributed by atoms with Crippen molar-refractivity contribution in [3.05, 3.63) is 65.7 Å². The molecule has 1 saturated carbocycles. The summed E-state index contributed by atoms with van der Waals surface area (Å²) in [5.74, 6) is 1.36. The predicted molar refractivity (Wildman–Crippen MR) is 94.4 cm³/mol. The molecular weight excluding hydrogens is 304 g/mol. The first-order chi connectivity index (χ1) is 11.0. The lowest BCUT2D eigenvalue weighted by Crippen LogP contribution is -2.15. The van der Waals surface area contributed by atoms with Gasteiger partial charge in [0, 0.05) is 6.26 Å². The third-order valence-electron chi connectivity index (χ3n) is 4.99. The highest BCUT2D eigenvalue weighted by molar-refractivity contribution is 7.90. The van der Waals surface area contributed by atoms with Gasteiger partial charge in [0.1, 0.15) is 0 Å². The fourth-order valence-electron chi connectivity index (χ4n) is 3.63. The van der Waals surface area contributed by atoms with E-state index in [0.717, 1.165) is 5.92 Å². The van der Waals surface area contributed by atoms with Crippen molar-refractivity contribution in [1.82, 2.24) is 0 Å². The second-order valence-electron chi connectivity index (χ2n) is 6.75. The van der Waals surface area contributed by atoms with Crippen LogP contribution in [0.4, 0.5) is 0 Å². The summed E-state index contributed by atoms with van der Waals surface area (Å²) in [5, 5.41) is 0. The average molecular weight is 328 g/mol. The van der Waals surface area contributed by atoms with Gasteiger partial charge >= 0.3 is 0 Å². The molecular formula is C20H24O2S. The standard InChI is InChI=1S/C20H24O2S/c1-23(21,22)20-13-11-19(12-14-20)18-9-7-17(8-10-18)15-16-5-3-2-4-6-16/h2-6,11-14,17-18H,7-10,15H2,1H3. The van der Waals surface area contributed by atoms with E-state index in [1.54, 1.807) is 12.1 Å². The van der Waals surface area contributed by atoms with Gasteiger partial charge in [-0.2, -0.15) is 0 Å². The Bertz CT molecular complexity index is 725. The second kappa shape index (κ2) is 6.88. The van der Waals surface area contributed by atoms with E-state index in [2.05, 4.69) is 30.3 Å². The van der Waals surface area contributed by atoms with Gasteiger partial charge in [-0.15, -0.1) is 0 Å². The van der Waals surface area contributed by atoms with Gasteiger partial charge in [0.15, 0.2) is 9.84 Å². The third kappa shape index (κ3) is 4.23. The lowest BCUT2D eigenvalue weighted by Gasteiger charge is -2.29. The van der Waals surface area contributed by atoms with Crippen molar-refractivity contribution in [2.75, 3.05) is 6.26 Å². The minimum atomic E-state index is -3.09. The molecule has 3 heteroatoms. The van der Waals surface area contributed by atoms with E-state index in [1.165, 1.54) is 49.5 Å². The monoisotopic (exact) mass is 328 g/mol. The normalized spacial score (nSPS) is 22.0. The molecule has 0 aromatic heterocycles. The Hall–Kier alpha value is -1.61. The minimum absolute atomic E-state index is 0.416. The zero-order valence-corrected chi connectivity index (χ0v) is 14.4. The van der Waals surface area contributed by atoms with Crippen molar-refractivity contribution in [1.29, 1.82) is 0 Å². The molecule has 1 aliphatic rings. The summed E-state index contributed by atoms with van der Waals surface area (Å²) >= 11 is 0. The first-order valence-electron chi connectivity index (χ1n) is 8.36. The summed E-state index contributed by atoms with van der Waals surface area (Å²) in [6.07, 6.45) is 7.36. The van der Waals surface area contributed by atoms with Crippen molar-refractivity contribution in [2.45, 2.75) is 42.9 Å².